The molecule has 26 heavy (non-hydrogen) atoms. The summed E-state index contributed by atoms with van der Waals surface area (Å²) in [6.07, 6.45) is 9.97. The largest absolute Gasteiger partial charge is 0.389 e. The number of hydrogen-bond acceptors (Lipinski definition) is 3. The first-order valence-corrected chi connectivity index (χ1v) is 9.75. The molecule has 0 bridgehead atoms. The third-order valence-corrected chi connectivity index (χ3v) is 4.90. The number of carbonyl (C=O) groups excluding carboxylic acids is 2. The van der Waals surface area contributed by atoms with E-state index in [1.54, 1.807) is 6.92 Å². The fourth-order valence-corrected chi connectivity index (χ4v) is 3.44. The first kappa shape index (κ1) is 20.4. The quantitative estimate of drug-likeness (QED) is 0.485. The number of Topliss-reactive ketones (excluding diaryl/α,β-unsaturated/α-hetero) is 1. The van der Waals surface area contributed by atoms with Gasteiger partial charge in [0, 0.05) is 25.8 Å². The van der Waals surface area contributed by atoms with Crippen molar-refractivity contribution in [2.24, 2.45) is 0 Å². The number of carbonyl (C=O) groups is 2. The van der Waals surface area contributed by atoms with Gasteiger partial charge in [0.1, 0.15) is 5.78 Å². The number of likely N-dealkylation sites (tertiary alicyclic amines) is 1. The molecule has 1 N–H and O–H groups in total. The molecule has 4 heteroatoms. The van der Waals surface area contributed by atoms with Crippen molar-refractivity contribution < 1.29 is 14.7 Å². The molecule has 2 rings (SSSR count). The Bertz CT molecular complexity index is 597. The summed E-state index contributed by atoms with van der Waals surface area (Å²) in [5.41, 5.74) is 1.11. The highest BCUT2D eigenvalue weighted by atomic mass is 16.3. The number of nitrogens with zero attached hydrogens (tertiary/aromatic N) is 1. The molecule has 0 saturated carbocycles. The SMILES string of the molecule is CC(=O)CCCCCCN1C(=O)CC[C@@H]1/C=C/C(O)Cc1ccccc1. The van der Waals surface area contributed by atoms with E-state index in [9.17, 15) is 14.7 Å². The van der Waals surface area contributed by atoms with Crippen molar-refractivity contribution in [2.45, 2.75) is 70.4 Å². The number of aliphatic hydroxyl groups is 1. The van der Waals surface area contributed by atoms with E-state index in [1.807, 2.05) is 47.4 Å². The van der Waals surface area contributed by atoms with Crippen LogP contribution in [0.5, 0.6) is 0 Å². The van der Waals surface area contributed by atoms with Gasteiger partial charge in [-0.25, -0.2) is 0 Å². The van der Waals surface area contributed by atoms with Gasteiger partial charge in [-0.2, -0.15) is 0 Å². The molecule has 1 heterocycles. The molecular weight excluding hydrogens is 326 g/mol. The number of hydrogen-bond donors (Lipinski definition) is 1. The lowest BCUT2D eigenvalue weighted by Crippen LogP contribution is -2.32. The number of amides is 1. The van der Waals surface area contributed by atoms with Crippen LogP contribution in [-0.4, -0.2) is 40.4 Å². The summed E-state index contributed by atoms with van der Waals surface area (Å²) in [6.45, 7) is 2.40. The van der Waals surface area contributed by atoms with Crippen molar-refractivity contribution in [3.05, 3.63) is 48.0 Å². The van der Waals surface area contributed by atoms with Crippen molar-refractivity contribution in [1.29, 1.82) is 0 Å². The fourth-order valence-electron chi connectivity index (χ4n) is 3.44. The second-order valence-corrected chi connectivity index (χ2v) is 7.20. The maximum atomic E-state index is 12.1. The van der Waals surface area contributed by atoms with Gasteiger partial charge in [-0.05, 0) is 31.7 Å². The summed E-state index contributed by atoms with van der Waals surface area (Å²) < 4.78 is 0. The van der Waals surface area contributed by atoms with E-state index in [1.165, 1.54) is 0 Å². The molecule has 1 unspecified atom stereocenters. The van der Waals surface area contributed by atoms with Gasteiger partial charge in [0.2, 0.25) is 5.91 Å². The lowest BCUT2D eigenvalue weighted by Gasteiger charge is -2.22. The summed E-state index contributed by atoms with van der Waals surface area (Å²) in [6, 6.07) is 10.0. The molecule has 1 aromatic rings. The third kappa shape index (κ3) is 7.12. The Hall–Kier alpha value is -1.94. The van der Waals surface area contributed by atoms with Gasteiger partial charge in [0.05, 0.1) is 12.1 Å². The molecule has 4 nitrogen and oxygen atoms in total. The highest BCUT2D eigenvalue weighted by Gasteiger charge is 2.28. The minimum atomic E-state index is -0.526. The van der Waals surface area contributed by atoms with Crippen molar-refractivity contribution in [3.63, 3.8) is 0 Å². The summed E-state index contributed by atoms with van der Waals surface area (Å²) in [4.78, 5) is 25.0. The van der Waals surface area contributed by atoms with Crippen molar-refractivity contribution in [2.75, 3.05) is 6.54 Å². The second kappa shape index (κ2) is 10.9. The smallest absolute Gasteiger partial charge is 0.223 e. The molecule has 0 aromatic heterocycles. The monoisotopic (exact) mass is 357 g/mol. The summed E-state index contributed by atoms with van der Waals surface area (Å²) >= 11 is 0. The van der Waals surface area contributed by atoms with Crippen LogP contribution in [0.1, 0.15) is 57.4 Å². The first-order valence-electron chi connectivity index (χ1n) is 9.75. The van der Waals surface area contributed by atoms with Crippen LogP contribution in [0.3, 0.4) is 0 Å². The Morgan fingerprint density at radius 2 is 1.96 bits per heavy atom. The average Bonchev–Trinajstić information content (AvgIpc) is 2.97. The Balaban J connectivity index is 1.74. The van der Waals surface area contributed by atoms with Gasteiger partial charge in [-0.1, -0.05) is 55.3 Å². The normalized spacial score (nSPS) is 18.6. The van der Waals surface area contributed by atoms with Crippen LogP contribution in [0.2, 0.25) is 0 Å². The zero-order chi connectivity index (χ0) is 18.8. The van der Waals surface area contributed by atoms with Gasteiger partial charge >= 0.3 is 0 Å². The zero-order valence-corrected chi connectivity index (χ0v) is 15.8. The van der Waals surface area contributed by atoms with E-state index in [2.05, 4.69) is 0 Å². The van der Waals surface area contributed by atoms with Crippen LogP contribution in [0.15, 0.2) is 42.5 Å². The Morgan fingerprint density at radius 1 is 1.23 bits per heavy atom. The van der Waals surface area contributed by atoms with E-state index in [4.69, 9.17) is 0 Å². The van der Waals surface area contributed by atoms with E-state index in [0.29, 0.717) is 19.3 Å². The number of unbranched alkanes of at least 4 members (excludes halogenated alkanes) is 3. The molecule has 1 amide bonds. The third-order valence-electron chi connectivity index (χ3n) is 4.90. The Kier molecular flexibility index (Phi) is 8.56. The van der Waals surface area contributed by atoms with Crippen LogP contribution in [-0.2, 0) is 16.0 Å². The number of aliphatic hydroxyl groups excluding tert-OH is 1. The summed E-state index contributed by atoms with van der Waals surface area (Å²) in [7, 11) is 0. The van der Waals surface area contributed by atoms with Crippen LogP contribution >= 0.6 is 0 Å². The van der Waals surface area contributed by atoms with Crippen molar-refractivity contribution >= 4 is 11.7 Å². The van der Waals surface area contributed by atoms with E-state index >= 15 is 0 Å². The molecule has 0 radical (unpaired) electrons. The van der Waals surface area contributed by atoms with Crippen LogP contribution in [0.25, 0.3) is 0 Å². The molecule has 1 fully saturated rings. The highest BCUT2D eigenvalue weighted by Crippen LogP contribution is 2.21. The highest BCUT2D eigenvalue weighted by molar-refractivity contribution is 5.79. The van der Waals surface area contributed by atoms with Gasteiger partial charge in [0.15, 0.2) is 0 Å². The minimum absolute atomic E-state index is 0.102. The van der Waals surface area contributed by atoms with Crippen LogP contribution in [0, 0.1) is 0 Å². The molecule has 1 aliphatic rings. The van der Waals surface area contributed by atoms with Crippen LogP contribution in [0.4, 0.5) is 0 Å². The lowest BCUT2D eigenvalue weighted by atomic mass is 10.1. The number of benzene rings is 1. The first-order chi connectivity index (χ1) is 12.6. The second-order valence-electron chi connectivity index (χ2n) is 7.20. The van der Waals surface area contributed by atoms with Gasteiger partial charge < -0.3 is 14.8 Å². The average molecular weight is 357 g/mol. The van der Waals surface area contributed by atoms with Gasteiger partial charge in [-0.3, -0.25) is 4.79 Å². The Labute approximate surface area is 156 Å². The maximum absolute atomic E-state index is 12.1. The molecule has 0 spiro atoms. The maximum Gasteiger partial charge on any atom is 0.223 e. The topological polar surface area (TPSA) is 57.6 Å². The fraction of sp³-hybridized carbons (Fsp3) is 0.545. The van der Waals surface area contributed by atoms with E-state index in [0.717, 1.165) is 44.2 Å². The lowest BCUT2D eigenvalue weighted by molar-refractivity contribution is -0.128. The molecule has 142 valence electrons. The molecule has 0 aliphatic carbocycles. The molecule has 2 atom stereocenters. The number of ketones is 1. The Morgan fingerprint density at radius 3 is 2.69 bits per heavy atom. The van der Waals surface area contributed by atoms with E-state index < -0.39 is 6.10 Å². The molecular formula is C22H31NO3. The van der Waals surface area contributed by atoms with Gasteiger partial charge in [-0.15, -0.1) is 0 Å². The molecule has 1 aliphatic heterocycles. The van der Waals surface area contributed by atoms with Crippen molar-refractivity contribution in [3.8, 4) is 0 Å². The van der Waals surface area contributed by atoms with Crippen molar-refractivity contribution in [1.82, 2.24) is 4.90 Å². The standard InChI is InChI=1S/C22H31NO3/c1-18(24)9-5-2-3-8-16-23-20(13-15-22(23)26)12-14-21(25)17-19-10-6-4-7-11-19/h4,6-7,10-12,14,20-21,25H,2-3,5,8-9,13,15-17H2,1H3/b14-12+/t20-,21?/m0/s1. The zero-order valence-electron chi connectivity index (χ0n) is 15.8. The molecule has 1 saturated heterocycles. The minimum Gasteiger partial charge on any atom is -0.389 e. The molecule has 1 aromatic carbocycles. The van der Waals surface area contributed by atoms with Gasteiger partial charge in [0.25, 0.3) is 0 Å². The summed E-state index contributed by atoms with van der Waals surface area (Å²) in [5, 5.41) is 10.2. The predicted molar refractivity (Wildman–Crippen MR) is 104 cm³/mol. The number of rotatable bonds is 11. The summed E-state index contributed by atoms with van der Waals surface area (Å²) in [5.74, 6) is 0.458. The van der Waals surface area contributed by atoms with Crippen LogP contribution < -0.4 is 0 Å². The predicted octanol–water partition coefficient (Wildman–Crippen LogP) is 3.68. The van der Waals surface area contributed by atoms with E-state index in [-0.39, 0.29) is 17.7 Å².